The molecule has 0 fully saturated rings. The van der Waals surface area contributed by atoms with Gasteiger partial charge >= 0.3 is 0 Å². The fraction of sp³-hybridized carbons (Fsp3) is 0.357. The van der Waals surface area contributed by atoms with Gasteiger partial charge in [-0.3, -0.25) is 9.88 Å². The first-order valence-corrected chi connectivity index (χ1v) is 6.99. The standard InChI is InChI=1S/C14H19N3S/c1-11(15)14(13-5-7-18-10-13)17(2)9-12-4-3-6-16-8-12/h3-8,10-11,14H,9,15H2,1-2H3. The van der Waals surface area contributed by atoms with Gasteiger partial charge in [-0.2, -0.15) is 11.3 Å². The van der Waals surface area contributed by atoms with Crippen molar-refractivity contribution in [1.29, 1.82) is 0 Å². The van der Waals surface area contributed by atoms with Gasteiger partial charge in [-0.05, 0) is 48.0 Å². The molecule has 2 atom stereocenters. The molecule has 0 aliphatic heterocycles. The largest absolute Gasteiger partial charge is 0.326 e. The molecule has 2 N–H and O–H groups in total. The number of nitrogens with two attached hydrogens (primary N) is 1. The zero-order chi connectivity index (χ0) is 13.0. The topological polar surface area (TPSA) is 42.1 Å². The number of aromatic nitrogens is 1. The fourth-order valence-electron chi connectivity index (χ4n) is 2.28. The summed E-state index contributed by atoms with van der Waals surface area (Å²) in [5.74, 6) is 0. The van der Waals surface area contributed by atoms with Gasteiger partial charge in [0.2, 0.25) is 0 Å². The lowest BCUT2D eigenvalue weighted by molar-refractivity contribution is 0.211. The van der Waals surface area contributed by atoms with Crippen LogP contribution >= 0.6 is 11.3 Å². The summed E-state index contributed by atoms with van der Waals surface area (Å²) < 4.78 is 0. The lowest BCUT2D eigenvalue weighted by atomic mass is 10.0. The molecule has 96 valence electrons. The predicted octanol–water partition coefficient (Wildman–Crippen LogP) is 2.66. The number of pyridine rings is 1. The lowest BCUT2D eigenvalue weighted by Gasteiger charge is -2.30. The van der Waals surface area contributed by atoms with Gasteiger partial charge in [0.1, 0.15) is 0 Å². The van der Waals surface area contributed by atoms with Gasteiger partial charge in [0.05, 0.1) is 6.04 Å². The minimum Gasteiger partial charge on any atom is -0.326 e. The fourth-order valence-corrected chi connectivity index (χ4v) is 2.97. The zero-order valence-corrected chi connectivity index (χ0v) is 11.6. The first kappa shape index (κ1) is 13.2. The van der Waals surface area contributed by atoms with E-state index in [2.05, 4.69) is 46.7 Å². The maximum atomic E-state index is 6.13. The van der Waals surface area contributed by atoms with Gasteiger partial charge in [0, 0.05) is 25.0 Å². The molecule has 0 radical (unpaired) electrons. The second-order valence-electron chi connectivity index (χ2n) is 4.64. The van der Waals surface area contributed by atoms with Crippen molar-refractivity contribution in [1.82, 2.24) is 9.88 Å². The number of thiophene rings is 1. The summed E-state index contributed by atoms with van der Waals surface area (Å²) in [4.78, 5) is 6.43. The molecule has 3 nitrogen and oxygen atoms in total. The number of hydrogen-bond donors (Lipinski definition) is 1. The molecule has 4 heteroatoms. The third-order valence-corrected chi connectivity index (χ3v) is 3.71. The summed E-state index contributed by atoms with van der Waals surface area (Å²) >= 11 is 1.71. The summed E-state index contributed by atoms with van der Waals surface area (Å²) in [6.07, 6.45) is 3.70. The van der Waals surface area contributed by atoms with E-state index < -0.39 is 0 Å². The Hall–Kier alpha value is -1.23. The van der Waals surface area contributed by atoms with Gasteiger partial charge in [-0.15, -0.1) is 0 Å². The Labute approximate surface area is 112 Å². The summed E-state index contributed by atoms with van der Waals surface area (Å²) in [6.45, 7) is 2.91. The molecule has 2 heterocycles. The molecule has 0 bridgehead atoms. The molecule has 0 aliphatic carbocycles. The molecule has 2 aromatic rings. The molecular weight excluding hydrogens is 242 g/mol. The summed E-state index contributed by atoms with van der Waals surface area (Å²) in [7, 11) is 2.11. The van der Waals surface area contributed by atoms with Crippen molar-refractivity contribution in [3.8, 4) is 0 Å². The minimum atomic E-state index is 0.0984. The van der Waals surface area contributed by atoms with E-state index in [1.807, 2.05) is 12.3 Å². The third-order valence-electron chi connectivity index (χ3n) is 3.01. The van der Waals surface area contributed by atoms with Crippen molar-refractivity contribution < 1.29 is 0 Å². The molecule has 2 unspecified atom stereocenters. The van der Waals surface area contributed by atoms with Crippen LogP contribution in [0, 0.1) is 0 Å². The zero-order valence-electron chi connectivity index (χ0n) is 10.8. The highest BCUT2D eigenvalue weighted by molar-refractivity contribution is 7.07. The van der Waals surface area contributed by atoms with Gasteiger partial charge in [0.25, 0.3) is 0 Å². The van der Waals surface area contributed by atoms with Crippen LogP contribution in [-0.2, 0) is 6.54 Å². The maximum Gasteiger partial charge on any atom is 0.0505 e. The number of nitrogens with zero attached hydrogens (tertiary/aromatic N) is 2. The predicted molar refractivity (Wildman–Crippen MR) is 76.4 cm³/mol. The highest BCUT2D eigenvalue weighted by atomic mass is 32.1. The van der Waals surface area contributed by atoms with Crippen LogP contribution in [0.1, 0.15) is 24.1 Å². The van der Waals surface area contributed by atoms with Gasteiger partial charge in [-0.1, -0.05) is 6.07 Å². The molecule has 0 saturated carbocycles. The van der Waals surface area contributed by atoms with Crippen LogP contribution in [0.4, 0.5) is 0 Å². The summed E-state index contributed by atoms with van der Waals surface area (Å²) in [5, 5.41) is 4.27. The second-order valence-corrected chi connectivity index (χ2v) is 5.42. The van der Waals surface area contributed by atoms with E-state index in [0.717, 1.165) is 6.54 Å². The Morgan fingerprint density at radius 1 is 1.44 bits per heavy atom. The van der Waals surface area contributed by atoms with E-state index in [9.17, 15) is 0 Å². The highest BCUT2D eigenvalue weighted by Crippen LogP contribution is 2.25. The number of hydrogen-bond acceptors (Lipinski definition) is 4. The molecule has 2 rings (SSSR count). The Balaban J connectivity index is 2.12. The molecule has 0 amide bonds. The maximum absolute atomic E-state index is 6.13. The average molecular weight is 261 g/mol. The van der Waals surface area contributed by atoms with E-state index in [1.165, 1.54) is 11.1 Å². The Kier molecular flexibility index (Phi) is 4.47. The van der Waals surface area contributed by atoms with E-state index in [1.54, 1.807) is 17.5 Å². The number of rotatable bonds is 5. The average Bonchev–Trinajstić information content (AvgIpc) is 2.83. The van der Waals surface area contributed by atoms with Crippen molar-refractivity contribution in [2.75, 3.05) is 7.05 Å². The quantitative estimate of drug-likeness (QED) is 0.899. The van der Waals surface area contributed by atoms with E-state index in [4.69, 9.17) is 5.73 Å². The first-order chi connectivity index (χ1) is 8.68. The van der Waals surface area contributed by atoms with Crippen molar-refractivity contribution in [3.63, 3.8) is 0 Å². The van der Waals surface area contributed by atoms with Crippen LogP contribution in [-0.4, -0.2) is 23.0 Å². The third kappa shape index (κ3) is 3.16. The molecule has 0 aromatic carbocycles. The smallest absolute Gasteiger partial charge is 0.0505 e. The van der Waals surface area contributed by atoms with E-state index >= 15 is 0 Å². The monoisotopic (exact) mass is 261 g/mol. The highest BCUT2D eigenvalue weighted by Gasteiger charge is 2.21. The van der Waals surface area contributed by atoms with Crippen LogP contribution < -0.4 is 5.73 Å². The Morgan fingerprint density at radius 2 is 2.28 bits per heavy atom. The summed E-state index contributed by atoms with van der Waals surface area (Å²) in [6, 6.07) is 6.56. The van der Waals surface area contributed by atoms with E-state index in [-0.39, 0.29) is 12.1 Å². The first-order valence-electron chi connectivity index (χ1n) is 6.05. The van der Waals surface area contributed by atoms with Crippen LogP contribution in [0.5, 0.6) is 0 Å². The van der Waals surface area contributed by atoms with Crippen LogP contribution in [0.2, 0.25) is 0 Å². The van der Waals surface area contributed by atoms with Crippen molar-refractivity contribution >= 4 is 11.3 Å². The molecule has 2 aromatic heterocycles. The minimum absolute atomic E-state index is 0.0984. The Bertz CT molecular complexity index is 453. The molecule has 0 saturated heterocycles. The SMILES string of the molecule is CC(N)C(c1ccsc1)N(C)Cc1cccnc1. The van der Waals surface area contributed by atoms with Crippen LogP contribution in [0.15, 0.2) is 41.4 Å². The molecular formula is C14H19N3S. The van der Waals surface area contributed by atoms with Crippen molar-refractivity contribution in [3.05, 3.63) is 52.5 Å². The molecule has 18 heavy (non-hydrogen) atoms. The second kappa shape index (κ2) is 6.09. The van der Waals surface area contributed by atoms with E-state index in [0.29, 0.717) is 0 Å². The van der Waals surface area contributed by atoms with Gasteiger partial charge in [-0.25, -0.2) is 0 Å². The number of likely N-dealkylation sites (N-methyl/N-ethyl adjacent to an activating group) is 1. The summed E-state index contributed by atoms with van der Waals surface area (Å²) in [5.41, 5.74) is 8.63. The van der Waals surface area contributed by atoms with Crippen molar-refractivity contribution in [2.45, 2.75) is 25.6 Å². The molecule has 0 aliphatic rings. The van der Waals surface area contributed by atoms with Crippen LogP contribution in [0.25, 0.3) is 0 Å². The van der Waals surface area contributed by atoms with Gasteiger partial charge < -0.3 is 5.73 Å². The normalized spacial score (nSPS) is 14.7. The van der Waals surface area contributed by atoms with Crippen molar-refractivity contribution in [2.24, 2.45) is 5.73 Å². The Morgan fingerprint density at radius 3 is 2.83 bits per heavy atom. The lowest BCUT2D eigenvalue weighted by Crippen LogP contribution is -2.36. The van der Waals surface area contributed by atoms with Gasteiger partial charge in [0.15, 0.2) is 0 Å². The van der Waals surface area contributed by atoms with Crippen LogP contribution in [0.3, 0.4) is 0 Å². The molecule has 0 spiro atoms.